The first kappa shape index (κ1) is 13.3. The van der Waals surface area contributed by atoms with Crippen LogP contribution in [-0.4, -0.2) is 26.5 Å². The first-order valence-corrected chi connectivity index (χ1v) is 7.29. The highest BCUT2D eigenvalue weighted by Gasteiger charge is 2.30. The monoisotopic (exact) mass is 271 g/mol. The van der Waals surface area contributed by atoms with E-state index in [-0.39, 0.29) is 0 Å². The Balaban J connectivity index is 1.78. The van der Waals surface area contributed by atoms with E-state index in [0.717, 1.165) is 29.8 Å². The largest absolute Gasteiger partial charge is 0.396 e. The minimum atomic E-state index is 0.294. The van der Waals surface area contributed by atoms with Gasteiger partial charge < -0.3 is 5.11 Å². The zero-order valence-corrected chi connectivity index (χ0v) is 12.0. The maximum absolute atomic E-state index is 9.08. The molecule has 4 nitrogen and oxygen atoms in total. The number of nitrogens with zero attached hydrogens (tertiary/aromatic N) is 3. The third-order valence-electron chi connectivity index (χ3n) is 4.10. The van der Waals surface area contributed by atoms with E-state index in [9.17, 15) is 0 Å². The third kappa shape index (κ3) is 2.48. The van der Waals surface area contributed by atoms with Gasteiger partial charge in [0.1, 0.15) is 0 Å². The van der Waals surface area contributed by atoms with Crippen LogP contribution in [-0.2, 0) is 0 Å². The van der Waals surface area contributed by atoms with Crippen LogP contribution in [0.3, 0.4) is 0 Å². The molecule has 0 unspecified atom stereocenters. The van der Waals surface area contributed by atoms with Gasteiger partial charge in [0, 0.05) is 24.1 Å². The van der Waals surface area contributed by atoms with E-state index in [4.69, 9.17) is 10.1 Å². The molecular weight excluding hydrogens is 250 g/mol. The Morgan fingerprint density at radius 1 is 1.35 bits per heavy atom. The predicted octanol–water partition coefficient (Wildman–Crippen LogP) is 3.01. The molecule has 0 atom stereocenters. The van der Waals surface area contributed by atoms with Crippen LogP contribution < -0.4 is 0 Å². The number of hydrogen-bond donors (Lipinski definition) is 1. The van der Waals surface area contributed by atoms with E-state index >= 15 is 0 Å². The zero-order chi connectivity index (χ0) is 14.1. The van der Waals surface area contributed by atoms with Crippen molar-refractivity contribution in [3.8, 4) is 11.3 Å². The number of aliphatic hydroxyl groups excluding tert-OH is 1. The van der Waals surface area contributed by atoms with E-state index in [1.165, 1.54) is 0 Å². The topological polar surface area (TPSA) is 50.9 Å². The molecule has 1 saturated carbocycles. The van der Waals surface area contributed by atoms with Crippen LogP contribution in [0.1, 0.15) is 44.3 Å². The molecular formula is C16H21N3O. The Bertz CT molecular complexity index is 585. The Labute approximate surface area is 119 Å². The maximum atomic E-state index is 9.08. The average Bonchev–Trinajstić information content (AvgIpc) is 2.87. The lowest BCUT2D eigenvalue weighted by Gasteiger charge is -2.33. The van der Waals surface area contributed by atoms with Gasteiger partial charge in [-0.1, -0.05) is 19.9 Å². The van der Waals surface area contributed by atoms with Gasteiger partial charge in [-0.25, -0.2) is 0 Å². The highest BCUT2D eigenvalue weighted by molar-refractivity contribution is 5.57. The smallest absolute Gasteiger partial charge is 0.0736 e. The molecule has 20 heavy (non-hydrogen) atoms. The van der Waals surface area contributed by atoms with Gasteiger partial charge in [0.15, 0.2) is 0 Å². The summed E-state index contributed by atoms with van der Waals surface area (Å²) in [4.78, 5) is 4.70. The minimum Gasteiger partial charge on any atom is -0.396 e. The van der Waals surface area contributed by atoms with Crippen LogP contribution in [0.15, 0.2) is 30.6 Å². The van der Waals surface area contributed by atoms with Gasteiger partial charge in [0.2, 0.25) is 0 Å². The Hall–Kier alpha value is -1.68. The van der Waals surface area contributed by atoms with Crippen LogP contribution in [0.4, 0.5) is 0 Å². The van der Waals surface area contributed by atoms with Crippen LogP contribution in [0.25, 0.3) is 11.3 Å². The minimum absolute atomic E-state index is 0.294. The molecule has 0 bridgehead atoms. The van der Waals surface area contributed by atoms with Crippen molar-refractivity contribution < 1.29 is 5.11 Å². The molecule has 2 heterocycles. The van der Waals surface area contributed by atoms with Gasteiger partial charge in [-0.15, -0.1) is 0 Å². The molecule has 2 aromatic rings. The van der Waals surface area contributed by atoms with Crippen molar-refractivity contribution in [2.75, 3.05) is 6.61 Å². The summed E-state index contributed by atoms with van der Waals surface area (Å²) >= 11 is 0. The van der Waals surface area contributed by atoms with Crippen LogP contribution in [0.2, 0.25) is 0 Å². The second-order valence-electron chi connectivity index (χ2n) is 5.99. The number of hydrogen-bond acceptors (Lipinski definition) is 3. The number of pyridine rings is 1. The molecule has 1 N–H and O–H groups in total. The lowest BCUT2D eigenvalue weighted by molar-refractivity contribution is 0.105. The van der Waals surface area contributed by atoms with Gasteiger partial charge in [-0.05, 0) is 36.8 Å². The average molecular weight is 271 g/mol. The Morgan fingerprint density at radius 2 is 2.15 bits per heavy atom. The van der Waals surface area contributed by atoms with Crippen molar-refractivity contribution in [1.82, 2.24) is 14.8 Å². The van der Waals surface area contributed by atoms with Crippen molar-refractivity contribution in [3.05, 3.63) is 36.3 Å². The first-order valence-electron chi connectivity index (χ1n) is 7.29. The van der Waals surface area contributed by atoms with Gasteiger partial charge >= 0.3 is 0 Å². The van der Waals surface area contributed by atoms with Crippen LogP contribution >= 0.6 is 0 Å². The summed E-state index contributed by atoms with van der Waals surface area (Å²) in [6.07, 6.45) is 6.01. The molecule has 106 valence electrons. The number of aromatic nitrogens is 3. The lowest BCUT2D eigenvalue weighted by Crippen LogP contribution is -2.29. The molecule has 0 saturated heterocycles. The summed E-state index contributed by atoms with van der Waals surface area (Å²) in [6.45, 7) is 4.60. The standard InChI is InChI=1S/C16H21N3O/c1-11(2)15-4-3-5-16(18-15)13-8-17-19(9-13)14-6-12(7-14)10-20/h3-5,8-9,11-12,14,20H,6-7,10H2,1-2H3. The molecule has 1 aliphatic carbocycles. The van der Waals surface area contributed by atoms with Crippen molar-refractivity contribution >= 4 is 0 Å². The lowest BCUT2D eigenvalue weighted by atomic mass is 9.81. The Kier molecular flexibility index (Phi) is 3.57. The summed E-state index contributed by atoms with van der Waals surface area (Å²) in [6, 6.07) is 6.59. The highest BCUT2D eigenvalue weighted by Crippen LogP contribution is 2.37. The fourth-order valence-electron chi connectivity index (χ4n) is 2.67. The maximum Gasteiger partial charge on any atom is 0.0736 e. The molecule has 4 heteroatoms. The van der Waals surface area contributed by atoms with E-state index < -0.39 is 0 Å². The third-order valence-corrected chi connectivity index (χ3v) is 4.10. The number of aliphatic hydroxyl groups is 1. The first-order chi connectivity index (χ1) is 9.67. The van der Waals surface area contributed by atoms with E-state index in [2.05, 4.69) is 37.3 Å². The summed E-state index contributed by atoms with van der Waals surface area (Å²) in [7, 11) is 0. The van der Waals surface area contributed by atoms with Crippen molar-refractivity contribution in [2.24, 2.45) is 5.92 Å². The van der Waals surface area contributed by atoms with E-state index in [1.54, 1.807) is 0 Å². The molecule has 0 radical (unpaired) electrons. The van der Waals surface area contributed by atoms with E-state index in [0.29, 0.717) is 24.5 Å². The van der Waals surface area contributed by atoms with Crippen LogP contribution in [0, 0.1) is 5.92 Å². The van der Waals surface area contributed by atoms with Crippen molar-refractivity contribution in [1.29, 1.82) is 0 Å². The molecule has 0 spiro atoms. The zero-order valence-electron chi connectivity index (χ0n) is 12.0. The molecule has 1 fully saturated rings. The van der Waals surface area contributed by atoms with Crippen molar-refractivity contribution in [3.63, 3.8) is 0 Å². The van der Waals surface area contributed by atoms with Gasteiger partial charge in [0.25, 0.3) is 0 Å². The van der Waals surface area contributed by atoms with Gasteiger partial charge in [-0.2, -0.15) is 5.10 Å². The Morgan fingerprint density at radius 3 is 2.85 bits per heavy atom. The molecule has 0 aromatic carbocycles. The molecule has 2 aromatic heterocycles. The van der Waals surface area contributed by atoms with E-state index in [1.807, 2.05) is 16.9 Å². The molecule has 0 aliphatic heterocycles. The normalized spacial score (nSPS) is 22.0. The summed E-state index contributed by atoms with van der Waals surface area (Å²) < 4.78 is 2.02. The van der Waals surface area contributed by atoms with Gasteiger partial charge in [-0.3, -0.25) is 9.67 Å². The molecule has 0 amide bonds. The summed E-state index contributed by atoms with van der Waals surface area (Å²) in [5, 5.41) is 13.5. The summed E-state index contributed by atoms with van der Waals surface area (Å²) in [5.41, 5.74) is 3.17. The quantitative estimate of drug-likeness (QED) is 0.930. The van der Waals surface area contributed by atoms with Gasteiger partial charge in [0.05, 0.1) is 17.9 Å². The highest BCUT2D eigenvalue weighted by atomic mass is 16.3. The second-order valence-corrected chi connectivity index (χ2v) is 5.99. The molecule has 1 aliphatic rings. The number of rotatable bonds is 4. The van der Waals surface area contributed by atoms with Crippen molar-refractivity contribution in [2.45, 2.75) is 38.6 Å². The predicted molar refractivity (Wildman–Crippen MR) is 78.4 cm³/mol. The second kappa shape index (κ2) is 5.37. The molecule has 3 rings (SSSR count). The fraction of sp³-hybridized carbons (Fsp3) is 0.500. The fourth-order valence-corrected chi connectivity index (χ4v) is 2.67. The SMILES string of the molecule is CC(C)c1cccc(-c2cnn(C3CC(CO)C3)c2)n1. The summed E-state index contributed by atoms with van der Waals surface area (Å²) in [5.74, 6) is 0.886. The van der Waals surface area contributed by atoms with Crippen LogP contribution in [0.5, 0.6) is 0 Å².